The van der Waals surface area contributed by atoms with E-state index in [4.69, 9.17) is 0 Å². The Labute approximate surface area is 127 Å². The van der Waals surface area contributed by atoms with Crippen LogP contribution in [0.3, 0.4) is 0 Å². The smallest absolute Gasteiger partial charge is 0.406 e. The van der Waals surface area contributed by atoms with Gasteiger partial charge in [-0.1, -0.05) is 42.5 Å². The Kier molecular flexibility index (Phi) is 5.08. The molecule has 0 saturated heterocycles. The van der Waals surface area contributed by atoms with Crippen molar-refractivity contribution in [1.29, 1.82) is 0 Å². The van der Waals surface area contributed by atoms with Gasteiger partial charge in [-0.15, -0.1) is 13.2 Å². The first-order chi connectivity index (χ1) is 10.3. The number of benzene rings is 2. The SMILES string of the molecule is C[C@@H](N[C@H](C)c1ccc(OC(F)(F)F)cc1)c1ccccc1. The zero-order chi connectivity index (χ0) is 16.2. The molecule has 0 saturated carbocycles. The molecule has 2 aromatic carbocycles. The molecule has 1 N–H and O–H groups in total. The largest absolute Gasteiger partial charge is 0.573 e. The number of nitrogens with one attached hydrogen (secondary N) is 1. The summed E-state index contributed by atoms with van der Waals surface area (Å²) >= 11 is 0. The van der Waals surface area contributed by atoms with Gasteiger partial charge in [0.15, 0.2) is 0 Å². The van der Waals surface area contributed by atoms with E-state index in [0.29, 0.717) is 0 Å². The summed E-state index contributed by atoms with van der Waals surface area (Å²) in [7, 11) is 0. The Bertz CT molecular complexity index is 581. The zero-order valence-electron chi connectivity index (χ0n) is 12.4. The lowest BCUT2D eigenvalue weighted by molar-refractivity contribution is -0.274. The molecule has 2 atom stereocenters. The number of hydrogen-bond acceptors (Lipinski definition) is 2. The summed E-state index contributed by atoms with van der Waals surface area (Å²) in [6, 6.07) is 16.0. The van der Waals surface area contributed by atoms with Gasteiger partial charge < -0.3 is 10.1 Å². The van der Waals surface area contributed by atoms with Gasteiger partial charge in [-0.05, 0) is 37.1 Å². The maximum atomic E-state index is 12.1. The van der Waals surface area contributed by atoms with Gasteiger partial charge in [-0.25, -0.2) is 0 Å². The van der Waals surface area contributed by atoms with E-state index in [1.807, 2.05) is 44.2 Å². The van der Waals surface area contributed by atoms with Crippen LogP contribution in [0.4, 0.5) is 13.2 Å². The van der Waals surface area contributed by atoms with E-state index >= 15 is 0 Å². The summed E-state index contributed by atoms with van der Waals surface area (Å²) in [5.41, 5.74) is 2.06. The Morgan fingerprint density at radius 3 is 1.82 bits per heavy atom. The molecule has 2 aromatic rings. The van der Waals surface area contributed by atoms with Crippen LogP contribution in [-0.4, -0.2) is 6.36 Å². The van der Waals surface area contributed by atoms with E-state index < -0.39 is 6.36 Å². The first-order valence-electron chi connectivity index (χ1n) is 7.02. The van der Waals surface area contributed by atoms with Crippen LogP contribution in [0.15, 0.2) is 54.6 Å². The molecular weight excluding hydrogens is 291 g/mol. The first kappa shape index (κ1) is 16.4. The quantitative estimate of drug-likeness (QED) is 0.839. The predicted molar refractivity (Wildman–Crippen MR) is 79.5 cm³/mol. The second kappa shape index (κ2) is 6.83. The van der Waals surface area contributed by atoms with Gasteiger partial charge in [0.25, 0.3) is 0 Å². The van der Waals surface area contributed by atoms with Crippen LogP contribution in [0.1, 0.15) is 37.1 Å². The number of hydrogen-bond donors (Lipinski definition) is 1. The normalized spacial score (nSPS) is 14.4. The maximum Gasteiger partial charge on any atom is 0.573 e. The molecule has 0 aliphatic carbocycles. The third-order valence-electron chi connectivity index (χ3n) is 3.41. The van der Waals surface area contributed by atoms with E-state index in [2.05, 4.69) is 10.1 Å². The van der Waals surface area contributed by atoms with Crippen molar-refractivity contribution in [3.63, 3.8) is 0 Å². The van der Waals surface area contributed by atoms with E-state index in [-0.39, 0.29) is 17.8 Å². The minimum Gasteiger partial charge on any atom is -0.406 e. The van der Waals surface area contributed by atoms with Crippen molar-refractivity contribution in [3.05, 3.63) is 65.7 Å². The number of ether oxygens (including phenoxy) is 1. The number of halogens is 3. The van der Waals surface area contributed by atoms with Crippen LogP contribution in [0.2, 0.25) is 0 Å². The van der Waals surface area contributed by atoms with Gasteiger partial charge in [0.2, 0.25) is 0 Å². The summed E-state index contributed by atoms with van der Waals surface area (Å²) in [6.07, 6.45) is -4.66. The second-order valence-electron chi connectivity index (χ2n) is 5.14. The van der Waals surface area contributed by atoms with Crippen molar-refractivity contribution < 1.29 is 17.9 Å². The van der Waals surface area contributed by atoms with Crippen LogP contribution in [-0.2, 0) is 0 Å². The summed E-state index contributed by atoms with van der Waals surface area (Å²) < 4.78 is 40.2. The summed E-state index contributed by atoms with van der Waals surface area (Å²) in [6.45, 7) is 4.02. The van der Waals surface area contributed by atoms with Gasteiger partial charge in [-0.3, -0.25) is 0 Å². The van der Waals surface area contributed by atoms with Gasteiger partial charge in [0.05, 0.1) is 0 Å². The molecule has 0 unspecified atom stereocenters. The molecule has 0 heterocycles. The van der Waals surface area contributed by atoms with Crippen LogP contribution in [0.25, 0.3) is 0 Å². The molecule has 2 rings (SSSR count). The molecule has 118 valence electrons. The Morgan fingerprint density at radius 1 is 0.818 bits per heavy atom. The molecule has 0 aliphatic rings. The van der Waals surface area contributed by atoms with Crippen LogP contribution < -0.4 is 10.1 Å². The van der Waals surface area contributed by atoms with Crippen molar-refractivity contribution >= 4 is 0 Å². The molecule has 0 fully saturated rings. The molecule has 0 aliphatic heterocycles. The Morgan fingerprint density at radius 2 is 1.32 bits per heavy atom. The van der Waals surface area contributed by atoms with Crippen molar-refractivity contribution in [2.75, 3.05) is 0 Å². The lowest BCUT2D eigenvalue weighted by atomic mass is 10.0. The Balaban J connectivity index is 1.99. The molecule has 0 aromatic heterocycles. The fourth-order valence-corrected chi connectivity index (χ4v) is 2.27. The van der Waals surface area contributed by atoms with E-state index in [9.17, 15) is 13.2 Å². The van der Waals surface area contributed by atoms with E-state index in [1.165, 1.54) is 12.1 Å². The molecule has 2 nitrogen and oxygen atoms in total. The van der Waals surface area contributed by atoms with Gasteiger partial charge in [0.1, 0.15) is 5.75 Å². The highest BCUT2D eigenvalue weighted by atomic mass is 19.4. The fraction of sp³-hybridized carbons (Fsp3) is 0.294. The van der Waals surface area contributed by atoms with Gasteiger partial charge >= 0.3 is 6.36 Å². The first-order valence-corrected chi connectivity index (χ1v) is 7.02. The topological polar surface area (TPSA) is 21.3 Å². The monoisotopic (exact) mass is 309 g/mol. The lowest BCUT2D eigenvalue weighted by Crippen LogP contribution is -2.22. The summed E-state index contributed by atoms with van der Waals surface area (Å²) in [5, 5.41) is 3.42. The molecule has 0 radical (unpaired) electrons. The standard InChI is InChI=1S/C17H18F3NO/c1-12(14-6-4-3-5-7-14)21-13(2)15-8-10-16(11-9-15)22-17(18,19)20/h3-13,21H,1-2H3/t12-,13-/m1/s1. The molecule has 0 bridgehead atoms. The highest BCUT2D eigenvalue weighted by molar-refractivity contribution is 5.29. The van der Waals surface area contributed by atoms with Crippen LogP contribution >= 0.6 is 0 Å². The minimum absolute atomic E-state index is 0.00939. The zero-order valence-corrected chi connectivity index (χ0v) is 12.4. The molecule has 0 spiro atoms. The molecule has 0 amide bonds. The lowest BCUT2D eigenvalue weighted by Gasteiger charge is -2.21. The van der Waals surface area contributed by atoms with Crippen molar-refractivity contribution in [1.82, 2.24) is 5.32 Å². The fourth-order valence-electron chi connectivity index (χ4n) is 2.27. The summed E-state index contributed by atoms with van der Waals surface area (Å²) in [4.78, 5) is 0. The van der Waals surface area contributed by atoms with Gasteiger partial charge in [0, 0.05) is 12.1 Å². The minimum atomic E-state index is -4.66. The predicted octanol–water partition coefficient (Wildman–Crippen LogP) is 5.00. The highest BCUT2D eigenvalue weighted by Crippen LogP contribution is 2.25. The third kappa shape index (κ3) is 4.77. The highest BCUT2D eigenvalue weighted by Gasteiger charge is 2.31. The number of rotatable bonds is 5. The molecule has 22 heavy (non-hydrogen) atoms. The van der Waals surface area contributed by atoms with E-state index in [1.54, 1.807) is 12.1 Å². The van der Waals surface area contributed by atoms with E-state index in [0.717, 1.165) is 11.1 Å². The maximum absolute atomic E-state index is 12.1. The average molecular weight is 309 g/mol. The molecular formula is C17H18F3NO. The van der Waals surface area contributed by atoms with Gasteiger partial charge in [-0.2, -0.15) is 0 Å². The van der Waals surface area contributed by atoms with Crippen molar-refractivity contribution in [3.8, 4) is 5.75 Å². The van der Waals surface area contributed by atoms with Crippen molar-refractivity contribution in [2.24, 2.45) is 0 Å². The second-order valence-corrected chi connectivity index (χ2v) is 5.14. The average Bonchev–Trinajstić information content (AvgIpc) is 2.47. The molecule has 5 heteroatoms. The Hall–Kier alpha value is -2.01. The van der Waals surface area contributed by atoms with Crippen LogP contribution in [0, 0.1) is 0 Å². The van der Waals surface area contributed by atoms with Crippen molar-refractivity contribution in [2.45, 2.75) is 32.3 Å². The number of alkyl halides is 3. The summed E-state index contributed by atoms with van der Waals surface area (Å²) in [5.74, 6) is -0.209. The third-order valence-corrected chi connectivity index (χ3v) is 3.41. The van der Waals surface area contributed by atoms with Crippen LogP contribution in [0.5, 0.6) is 5.75 Å².